The Morgan fingerprint density at radius 1 is 1.00 bits per heavy atom. The number of hydrogen-bond donors (Lipinski definition) is 0. The van der Waals surface area contributed by atoms with Gasteiger partial charge in [-0.2, -0.15) is 0 Å². The highest BCUT2D eigenvalue weighted by Crippen LogP contribution is 2.36. The fourth-order valence-corrected chi connectivity index (χ4v) is 1.87. The molecule has 0 aliphatic heterocycles. The van der Waals surface area contributed by atoms with Crippen molar-refractivity contribution < 1.29 is 14.6 Å². The highest BCUT2D eigenvalue weighted by atomic mass is 35.5. The second kappa shape index (κ2) is 5.76. The summed E-state index contributed by atoms with van der Waals surface area (Å²) in [6.07, 6.45) is 0. The first-order valence-corrected chi connectivity index (χ1v) is 6.13. The summed E-state index contributed by atoms with van der Waals surface area (Å²) in [5.41, 5.74) is 0.370. The van der Waals surface area contributed by atoms with Crippen LogP contribution in [0.15, 0.2) is 36.4 Å². The van der Waals surface area contributed by atoms with E-state index in [4.69, 9.17) is 16.3 Å². The monoisotopic (exact) mass is 308 g/mol. The first kappa shape index (κ1) is 14.7. The molecule has 0 saturated heterocycles. The number of ether oxygens (including phenoxy) is 1. The molecular weight excluding hydrogens is 300 g/mol. The minimum absolute atomic E-state index is 0.00000378. The summed E-state index contributed by atoms with van der Waals surface area (Å²) in [5, 5.41) is 21.6. The third-order valence-electron chi connectivity index (χ3n) is 2.66. The van der Waals surface area contributed by atoms with E-state index in [0.717, 1.165) is 11.6 Å². The zero-order valence-corrected chi connectivity index (χ0v) is 11.5. The Balaban J connectivity index is 2.40. The number of benzene rings is 2. The van der Waals surface area contributed by atoms with Crippen molar-refractivity contribution >= 4 is 23.0 Å². The lowest BCUT2D eigenvalue weighted by Crippen LogP contribution is -1.95. The van der Waals surface area contributed by atoms with Crippen molar-refractivity contribution in [3.05, 3.63) is 67.2 Å². The van der Waals surface area contributed by atoms with E-state index in [0.29, 0.717) is 0 Å². The highest BCUT2D eigenvalue weighted by Gasteiger charge is 2.18. The van der Waals surface area contributed by atoms with Gasteiger partial charge in [0, 0.05) is 18.2 Å². The molecule has 2 aromatic rings. The molecule has 0 N–H and O–H groups in total. The summed E-state index contributed by atoms with van der Waals surface area (Å²) in [6.45, 7) is 1.76. The van der Waals surface area contributed by atoms with Crippen LogP contribution in [0, 0.1) is 27.2 Å². The molecule has 8 heteroatoms. The van der Waals surface area contributed by atoms with Crippen LogP contribution >= 0.6 is 11.6 Å². The second-order valence-electron chi connectivity index (χ2n) is 4.20. The Morgan fingerprint density at radius 2 is 1.71 bits per heavy atom. The molecule has 0 aliphatic rings. The molecule has 0 fully saturated rings. The van der Waals surface area contributed by atoms with Crippen molar-refractivity contribution in [2.24, 2.45) is 0 Å². The molecule has 0 heterocycles. The van der Waals surface area contributed by atoms with E-state index in [2.05, 4.69) is 0 Å². The molecular formula is C13H9ClN2O5. The van der Waals surface area contributed by atoms with Crippen LogP contribution in [-0.2, 0) is 0 Å². The first-order chi connectivity index (χ1) is 9.88. The SMILES string of the molecule is Cc1ccc([N+](=O)[O-])c(Oc2ccc([N+](=O)[O-])cc2Cl)c1. The maximum Gasteiger partial charge on any atom is 0.311 e. The van der Waals surface area contributed by atoms with Crippen LogP contribution in [0.5, 0.6) is 11.5 Å². The summed E-state index contributed by atoms with van der Waals surface area (Å²) in [4.78, 5) is 20.4. The number of non-ortho nitro benzene ring substituents is 1. The Kier molecular flexibility index (Phi) is 4.04. The third kappa shape index (κ3) is 3.26. The molecule has 0 aromatic heterocycles. The van der Waals surface area contributed by atoms with E-state index < -0.39 is 9.85 Å². The van der Waals surface area contributed by atoms with Gasteiger partial charge in [-0.3, -0.25) is 20.2 Å². The summed E-state index contributed by atoms with van der Waals surface area (Å²) < 4.78 is 5.42. The van der Waals surface area contributed by atoms with Gasteiger partial charge in [-0.05, 0) is 24.6 Å². The van der Waals surface area contributed by atoms with Gasteiger partial charge in [0.15, 0.2) is 0 Å². The Bertz CT molecular complexity index is 732. The Hall–Kier alpha value is -2.67. The summed E-state index contributed by atoms with van der Waals surface area (Å²) >= 11 is 5.90. The van der Waals surface area contributed by atoms with Gasteiger partial charge in [0.05, 0.1) is 14.9 Å². The van der Waals surface area contributed by atoms with E-state index in [1.807, 2.05) is 0 Å². The minimum Gasteiger partial charge on any atom is -0.449 e. The maximum absolute atomic E-state index is 11.0. The van der Waals surface area contributed by atoms with Gasteiger partial charge in [-0.25, -0.2) is 0 Å². The molecule has 0 bridgehead atoms. The van der Waals surface area contributed by atoms with Crippen molar-refractivity contribution in [1.29, 1.82) is 0 Å². The molecule has 0 saturated carbocycles. The van der Waals surface area contributed by atoms with Crippen molar-refractivity contribution in [1.82, 2.24) is 0 Å². The molecule has 0 amide bonds. The summed E-state index contributed by atoms with van der Waals surface area (Å²) in [5.74, 6) is 0.131. The minimum atomic E-state index is -0.592. The Labute approximate surface area is 124 Å². The van der Waals surface area contributed by atoms with Crippen molar-refractivity contribution in [3.8, 4) is 11.5 Å². The van der Waals surface area contributed by atoms with Crippen LogP contribution in [0.4, 0.5) is 11.4 Å². The molecule has 0 radical (unpaired) electrons. The topological polar surface area (TPSA) is 95.5 Å². The molecule has 0 unspecified atom stereocenters. The van der Waals surface area contributed by atoms with Gasteiger partial charge < -0.3 is 4.74 Å². The van der Waals surface area contributed by atoms with Gasteiger partial charge in [0.2, 0.25) is 5.75 Å². The quantitative estimate of drug-likeness (QED) is 0.621. The number of nitrogens with zero attached hydrogens (tertiary/aromatic N) is 2. The van der Waals surface area contributed by atoms with E-state index in [9.17, 15) is 20.2 Å². The van der Waals surface area contributed by atoms with Gasteiger partial charge >= 0.3 is 5.69 Å². The first-order valence-electron chi connectivity index (χ1n) is 5.75. The molecule has 0 spiro atoms. The van der Waals surface area contributed by atoms with Gasteiger partial charge in [-0.1, -0.05) is 17.7 Å². The fourth-order valence-electron chi connectivity index (χ4n) is 1.66. The van der Waals surface area contributed by atoms with Gasteiger partial charge in [0.25, 0.3) is 5.69 Å². The number of halogens is 1. The van der Waals surface area contributed by atoms with E-state index >= 15 is 0 Å². The average Bonchev–Trinajstić information content (AvgIpc) is 2.40. The Morgan fingerprint density at radius 3 is 2.29 bits per heavy atom. The zero-order valence-electron chi connectivity index (χ0n) is 10.8. The van der Waals surface area contributed by atoms with Crippen molar-refractivity contribution in [2.45, 2.75) is 6.92 Å². The van der Waals surface area contributed by atoms with Crippen LogP contribution in [0.3, 0.4) is 0 Å². The highest BCUT2D eigenvalue weighted by molar-refractivity contribution is 6.32. The molecule has 2 aromatic carbocycles. The molecule has 0 aliphatic carbocycles. The molecule has 108 valence electrons. The van der Waals surface area contributed by atoms with Gasteiger partial charge in [-0.15, -0.1) is 0 Å². The van der Waals surface area contributed by atoms with Gasteiger partial charge in [0.1, 0.15) is 5.75 Å². The van der Waals surface area contributed by atoms with Crippen LogP contribution in [0.25, 0.3) is 0 Å². The predicted molar refractivity (Wildman–Crippen MR) is 76.0 cm³/mol. The lowest BCUT2D eigenvalue weighted by molar-refractivity contribution is -0.385. The number of aryl methyl sites for hydroxylation is 1. The zero-order chi connectivity index (χ0) is 15.6. The number of hydrogen-bond acceptors (Lipinski definition) is 5. The smallest absolute Gasteiger partial charge is 0.311 e. The number of nitro groups is 2. The van der Waals surface area contributed by atoms with Crippen LogP contribution in [0.2, 0.25) is 5.02 Å². The van der Waals surface area contributed by atoms with Crippen molar-refractivity contribution in [3.63, 3.8) is 0 Å². The average molecular weight is 309 g/mol. The van der Waals surface area contributed by atoms with E-state index in [1.165, 1.54) is 24.3 Å². The second-order valence-corrected chi connectivity index (χ2v) is 4.61. The standard InChI is InChI=1S/C13H9ClN2O5/c1-8-2-4-11(16(19)20)13(6-8)21-12-5-3-9(15(17)18)7-10(12)14/h2-7H,1H3. The lowest BCUT2D eigenvalue weighted by atomic mass is 10.2. The predicted octanol–water partition coefficient (Wildman–Crippen LogP) is 4.26. The molecule has 0 atom stereocenters. The number of rotatable bonds is 4. The molecule has 7 nitrogen and oxygen atoms in total. The third-order valence-corrected chi connectivity index (χ3v) is 2.95. The molecule has 2 rings (SSSR count). The maximum atomic E-state index is 11.0. The lowest BCUT2D eigenvalue weighted by Gasteiger charge is -2.08. The van der Waals surface area contributed by atoms with E-state index in [-0.39, 0.29) is 27.9 Å². The molecule has 21 heavy (non-hydrogen) atoms. The van der Waals surface area contributed by atoms with E-state index in [1.54, 1.807) is 13.0 Å². The van der Waals surface area contributed by atoms with Crippen molar-refractivity contribution in [2.75, 3.05) is 0 Å². The number of nitro benzene ring substituents is 2. The summed E-state index contributed by atoms with van der Waals surface area (Å²) in [7, 11) is 0. The summed E-state index contributed by atoms with van der Waals surface area (Å²) in [6, 6.07) is 8.04. The largest absolute Gasteiger partial charge is 0.449 e. The van der Waals surface area contributed by atoms with Crippen LogP contribution in [0.1, 0.15) is 5.56 Å². The van der Waals surface area contributed by atoms with Crippen LogP contribution in [-0.4, -0.2) is 9.85 Å². The fraction of sp³-hybridized carbons (Fsp3) is 0.0769. The normalized spacial score (nSPS) is 10.2. The van der Waals surface area contributed by atoms with Crippen LogP contribution < -0.4 is 4.74 Å².